The lowest BCUT2D eigenvalue weighted by atomic mass is 10.7. The van der Waals surface area contributed by atoms with Gasteiger partial charge in [-0.05, 0) is 0 Å². The molecule has 0 aliphatic carbocycles. The molecule has 86 valence electrons. The van der Waals surface area contributed by atoms with Gasteiger partial charge in [-0.2, -0.15) is 13.2 Å². The molecule has 0 aromatic carbocycles. The fourth-order valence-electron chi connectivity index (χ4n) is 0. The van der Waals surface area contributed by atoms with Crippen LogP contribution in [0.4, 0.5) is 13.2 Å². The van der Waals surface area contributed by atoms with E-state index in [4.69, 9.17) is 21.4 Å². The van der Waals surface area contributed by atoms with Crippen molar-refractivity contribution < 1.29 is 23.1 Å². The second-order valence-corrected chi connectivity index (χ2v) is 1.36. The topological polar surface area (TPSA) is 180 Å². The van der Waals surface area contributed by atoms with Crippen LogP contribution in [0.5, 0.6) is 0 Å². The molecule has 0 fully saturated rings. The Bertz CT molecular complexity index is 176. The molecule has 0 rings (SSSR count). The van der Waals surface area contributed by atoms with E-state index in [1.54, 1.807) is 0 Å². The van der Waals surface area contributed by atoms with Crippen LogP contribution < -0.4 is 29.0 Å². The van der Waals surface area contributed by atoms with Gasteiger partial charge in [0, 0.05) is 0 Å². The number of alkyl halides is 3. The number of aliphatic carboxylic acids is 1. The van der Waals surface area contributed by atoms with Crippen LogP contribution in [0.25, 0.3) is 0 Å². The van der Waals surface area contributed by atoms with E-state index in [-0.39, 0.29) is 5.96 Å². The summed E-state index contributed by atoms with van der Waals surface area (Å²) in [5, 5.41) is 9.99. The molecule has 0 bridgehead atoms. The van der Waals surface area contributed by atoms with Crippen LogP contribution in [0.2, 0.25) is 0 Å². The van der Waals surface area contributed by atoms with E-state index in [0.29, 0.717) is 0 Å². The Labute approximate surface area is 76.5 Å². The average Bonchev–Trinajstić information content (AvgIpc) is 2.07. The third-order valence-electron chi connectivity index (χ3n) is 0.392. The molecule has 11 N–H and O–H groups in total. The van der Waals surface area contributed by atoms with Gasteiger partial charge in [0.15, 0.2) is 0 Å². The van der Waals surface area contributed by atoms with E-state index in [0.717, 1.165) is 0 Å². The summed E-state index contributed by atoms with van der Waals surface area (Å²) in [6.45, 7) is 0. The van der Waals surface area contributed by atoms with E-state index >= 15 is 0 Å². The van der Waals surface area contributed by atoms with Crippen molar-refractivity contribution in [3.63, 3.8) is 0 Å². The van der Waals surface area contributed by atoms with E-state index in [1.165, 1.54) is 0 Å². The normalized spacial score (nSPS) is 8.36. The first-order valence-electron chi connectivity index (χ1n) is 2.64. The highest BCUT2D eigenvalue weighted by atomic mass is 19.4. The molecule has 0 saturated heterocycles. The summed E-state index contributed by atoms with van der Waals surface area (Å²) in [7, 11) is 0. The highest BCUT2D eigenvalue weighted by Crippen LogP contribution is 2.13. The second kappa shape index (κ2) is 9.34. The smallest absolute Gasteiger partial charge is 0.475 e. The SMILES string of the molecule is NN.NN=C(N)N.O=C(O)C(F)(F)F. The third-order valence-corrected chi connectivity index (χ3v) is 0.392. The number of guanidine groups is 1. The molecule has 0 saturated carbocycles. The summed E-state index contributed by atoms with van der Waals surface area (Å²) in [5.74, 6) is 9.66. The van der Waals surface area contributed by atoms with Crippen molar-refractivity contribution >= 4 is 11.9 Å². The Morgan fingerprint density at radius 3 is 1.36 bits per heavy atom. The molecule has 0 aliphatic rings. The zero-order valence-corrected chi connectivity index (χ0v) is 6.82. The minimum Gasteiger partial charge on any atom is -0.475 e. The predicted octanol–water partition coefficient (Wildman–Crippen LogP) is -2.41. The molecule has 0 spiro atoms. The van der Waals surface area contributed by atoms with Crippen molar-refractivity contribution in [1.82, 2.24) is 0 Å². The van der Waals surface area contributed by atoms with Gasteiger partial charge in [-0.15, -0.1) is 5.10 Å². The zero-order valence-electron chi connectivity index (χ0n) is 6.82. The van der Waals surface area contributed by atoms with Crippen molar-refractivity contribution in [2.45, 2.75) is 6.18 Å². The fraction of sp³-hybridized carbons (Fsp3) is 0.333. The first kappa shape index (κ1) is 18.1. The number of carbonyl (C=O) groups is 1. The Kier molecular flexibility index (Phi) is 12.1. The molecule has 0 radical (unpaired) electrons. The molecule has 0 amide bonds. The first-order chi connectivity index (χ1) is 6.21. The van der Waals surface area contributed by atoms with Gasteiger partial charge in [-0.1, -0.05) is 0 Å². The zero-order chi connectivity index (χ0) is 12.4. The van der Waals surface area contributed by atoms with Gasteiger partial charge in [0.25, 0.3) is 0 Å². The van der Waals surface area contributed by atoms with Crippen LogP contribution in [0.1, 0.15) is 0 Å². The summed E-state index contributed by atoms with van der Waals surface area (Å²) in [6.07, 6.45) is -5.08. The maximum absolute atomic E-state index is 10.6. The van der Waals surface area contributed by atoms with Crippen LogP contribution in [0, 0.1) is 0 Å². The number of hydrazine groups is 1. The predicted molar refractivity (Wildman–Crippen MR) is 42.1 cm³/mol. The minimum atomic E-state index is -5.08. The van der Waals surface area contributed by atoms with E-state index in [9.17, 15) is 13.2 Å². The van der Waals surface area contributed by atoms with Crippen LogP contribution in [0.3, 0.4) is 0 Å². The minimum absolute atomic E-state index is 0.0926. The average molecular weight is 220 g/mol. The van der Waals surface area contributed by atoms with Gasteiger partial charge in [0.1, 0.15) is 0 Å². The monoisotopic (exact) mass is 220 g/mol. The summed E-state index contributed by atoms with van der Waals surface area (Å²) in [4.78, 5) is 8.90. The van der Waals surface area contributed by atoms with Gasteiger partial charge < -0.3 is 22.4 Å². The number of hydrogen-bond donors (Lipinski definition) is 6. The Hall–Kier alpha value is -1.75. The fourth-order valence-corrected chi connectivity index (χ4v) is 0. The molecule has 8 nitrogen and oxygen atoms in total. The van der Waals surface area contributed by atoms with Gasteiger partial charge in [0.05, 0.1) is 0 Å². The van der Waals surface area contributed by atoms with E-state index in [1.807, 2.05) is 0 Å². The number of carboxylic acid groups (broad SMARTS) is 1. The first-order valence-corrected chi connectivity index (χ1v) is 2.64. The van der Waals surface area contributed by atoms with Crippen molar-refractivity contribution in [2.75, 3.05) is 0 Å². The molecule has 0 atom stereocenters. The second-order valence-electron chi connectivity index (χ2n) is 1.36. The van der Waals surface area contributed by atoms with E-state index < -0.39 is 12.1 Å². The van der Waals surface area contributed by atoms with Gasteiger partial charge >= 0.3 is 12.1 Å². The number of hydrogen-bond acceptors (Lipinski definition) is 5. The molecule has 0 aromatic heterocycles. The number of halogens is 3. The summed E-state index contributed by atoms with van der Waals surface area (Å²) < 4.78 is 31.7. The standard InChI is InChI=1S/C2HF3O2.CH6N4.H4N2/c3-2(4,5)1(6)7;2-1(3)5-4;1-2/h(H,6,7);4H2,(H4,2,3,5);1-2H2. The number of hydrazone groups is 1. The highest BCUT2D eigenvalue weighted by molar-refractivity contribution is 5.75. The van der Waals surface area contributed by atoms with Crippen molar-refractivity contribution in [3.05, 3.63) is 0 Å². The highest BCUT2D eigenvalue weighted by Gasteiger charge is 2.38. The molecule has 0 heterocycles. The van der Waals surface area contributed by atoms with Crippen LogP contribution in [-0.4, -0.2) is 23.2 Å². The summed E-state index contributed by atoms with van der Waals surface area (Å²) >= 11 is 0. The Morgan fingerprint density at radius 1 is 1.21 bits per heavy atom. The quantitative estimate of drug-likeness (QED) is 0.114. The van der Waals surface area contributed by atoms with Crippen molar-refractivity contribution in [3.8, 4) is 0 Å². The van der Waals surface area contributed by atoms with Gasteiger partial charge in [0.2, 0.25) is 5.96 Å². The number of carboxylic acids is 1. The molecule has 0 aromatic rings. The van der Waals surface area contributed by atoms with E-state index in [2.05, 4.69) is 22.6 Å². The molecule has 0 aliphatic heterocycles. The van der Waals surface area contributed by atoms with Gasteiger partial charge in [-0.3, -0.25) is 11.7 Å². The lowest BCUT2D eigenvalue weighted by Gasteiger charge is -1.93. The maximum Gasteiger partial charge on any atom is 0.490 e. The van der Waals surface area contributed by atoms with Crippen LogP contribution in [-0.2, 0) is 4.79 Å². The number of nitrogens with zero attached hydrogens (tertiary/aromatic N) is 1. The number of nitrogens with two attached hydrogens (primary N) is 5. The van der Waals surface area contributed by atoms with Crippen LogP contribution >= 0.6 is 0 Å². The van der Waals surface area contributed by atoms with Crippen molar-refractivity contribution in [2.24, 2.45) is 34.1 Å². The lowest BCUT2D eigenvalue weighted by Crippen LogP contribution is -2.23. The molecular formula is C3H11F3N6O2. The molecule has 0 unspecified atom stereocenters. The Morgan fingerprint density at radius 2 is 1.36 bits per heavy atom. The third kappa shape index (κ3) is 22.5. The summed E-state index contributed by atoms with van der Waals surface area (Å²) in [6, 6.07) is 0. The maximum atomic E-state index is 10.6. The summed E-state index contributed by atoms with van der Waals surface area (Å²) in [5.41, 5.74) is 9.39. The van der Waals surface area contributed by atoms with Gasteiger partial charge in [-0.25, -0.2) is 4.79 Å². The molecular weight excluding hydrogens is 209 g/mol. The Balaban J connectivity index is -0.000000152. The lowest BCUT2D eigenvalue weighted by molar-refractivity contribution is -0.192. The number of rotatable bonds is 0. The van der Waals surface area contributed by atoms with Crippen molar-refractivity contribution in [1.29, 1.82) is 0 Å². The van der Waals surface area contributed by atoms with Crippen LogP contribution in [0.15, 0.2) is 5.10 Å². The molecule has 11 heteroatoms. The molecule has 14 heavy (non-hydrogen) atoms. The largest absolute Gasteiger partial charge is 0.490 e.